The van der Waals surface area contributed by atoms with Gasteiger partial charge in [-0.1, -0.05) is 48.5 Å². The van der Waals surface area contributed by atoms with Gasteiger partial charge >= 0.3 is 6.18 Å². The molecular formula is C26H24F3N3O4. The first-order chi connectivity index (χ1) is 17.1. The minimum Gasteiger partial charge on any atom is -0.496 e. The number of nitrogens with zero attached hydrogens (tertiary/aromatic N) is 2. The van der Waals surface area contributed by atoms with Crippen molar-refractivity contribution in [2.75, 3.05) is 13.7 Å². The van der Waals surface area contributed by atoms with Gasteiger partial charge in [0, 0.05) is 54.5 Å². The maximum absolute atomic E-state index is 14.4. The van der Waals surface area contributed by atoms with Crippen LogP contribution in [-0.2, 0) is 18.7 Å². The molecule has 4 rings (SSSR count). The van der Waals surface area contributed by atoms with E-state index in [1.54, 1.807) is 48.5 Å². The van der Waals surface area contributed by atoms with Crippen molar-refractivity contribution in [3.8, 4) is 5.75 Å². The molecule has 7 nitrogen and oxygen atoms in total. The van der Waals surface area contributed by atoms with Gasteiger partial charge in [0.25, 0.3) is 5.69 Å². The normalized spacial score (nSPS) is 13.5. The lowest BCUT2D eigenvalue weighted by Crippen LogP contribution is -2.49. The van der Waals surface area contributed by atoms with Crippen molar-refractivity contribution in [1.82, 2.24) is 9.88 Å². The maximum Gasteiger partial charge on any atom is 0.422 e. The van der Waals surface area contributed by atoms with E-state index < -0.39 is 23.2 Å². The average molecular weight is 499 g/mol. The first kappa shape index (κ1) is 25.2. The topological polar surface area (TPSA) is 89.6 Å². The molecule has 0 saturated heterocycles. The van der Waals surface area contributed by atoms with Crippen LogP contribution in [0.2, 0.25) is 0 Å². The summed E-state index contributed by atoms with van der Waals surface area (Å²) in [5.74, 6) is 0.507. The van der Waals surface area contributed by atoms with E-state index in [-0.39, 0.29) is 35.2 Å². The van der Waals surface area contributed by atoms with E-state index in [0.717, 1.165) is 11.6 Å². The molecule has 3 aromatic carbocycles. The summed E-state index contributed by atoms with van der Waals surface area (Å²) in [6, 6.07) is 19.5. The van der Waals surface area contributed by atoms with E-state index in [1.165, 1.54) is 30.0 Å². The van der Waals surface area contributed by atoms with Crippen LogP contribution in [0.5, 0.6) is 5.75 Å². The second-order valence-electron chi connectivity index (χ2n) is 8.39. The zero-order valence-electron chi connectivity index (χ0n) is 19.3. The molecule has 0 aliphatic heterocycles. The van der Waals surface area contributed by atoms with Gasteiger partial charge in [0.05, 0.1) is 17.5 Å². The van der Waals surface area contributed by atoms with Gasteiger partial charge in [0.15, 0.2) is 5.60 Å². The second kappa shape index (κ2) is 10.00. The summed E-state index contributed by atoms with van der Waals surface area (Å²) in [4.78, 5) is 10.7. The lowest BCUT2D eigenvalue weighted by Gasteiger charge is -2.31. The molecule has 10 heteroatoms. The Morgan fingerprint density at radius 3 is 2.42 bits per heavy atom. The van der Waals surface area contributed by atoms with E-state index in [0.29, 0.717) is 11.3 Å². The van der Waals surface area contributed by atoms with Crippen molar-refractivity contribution in [3.05, 3.63) is 106 Å². The third kappa shape index (κ3) is 4.91. The van der Waals surface area contributed by atoms with Gasteiger partial charge in [-0.3, -0.25) is 10.1 Å². The summed E-state index contributed by atoms with van der Waals surface area (Å²) < 4.78 is 49.9. The van der Waals surface area contributed by atoms with E-state index in [2.05, 4.69) is 5.32 Å². The first-order valence-electron chi connectivity index (χ1n) is 11.1. The van der Waals surface area contributed by atoms with Crippen LogP contribution in [0, 0.1) is 10.1 Å². The van der Waals surface area contributed by atoms with Gasteiger partial charge in [-0.15, -0.1) is 0 Å². The molecule has 4 aromatic rings. The standard InChI is InChI=1S/C26H24F3N3O4/c1-36-24-10-6-5-9-19(24)14-30-17-25(33,26(27,28)29)22-16-31(15-18-7-3-2-4-8-18)23-13-20(32(34)35)11-12-21(22)23/h2-13,16,30,33H,14-15,17H2,1H3. The highest BCUT2D eigenvalue weighted by Crippen LogP contribution is 2.43. The highest BCUT2D eigenvalue weighted by atomic mass is 19.4. The summed E-state index contributed by atoms with van der Waals surface area (Å²) in [6.45, 7) is -0.645. The number of rotatable bonds is 9. The number of fused-ring (bicyclic) bond motifs is 1. The third-order valence-electron chi connectivity index (χ3n) is 6.08. The fraction of sp³-hybridized carbons (Fsp3) is 0.231. The summed E-state index contributed by atoms with van der Waals surface area (Å²) in [5.41, 5.74) is -2.26. The van der Waals surface area contributed by atoms with Crippen molar-refractivity contribution in [3.63, 3.8) is 0 Å². The lowest BCUT2D eigenvalue weighted by molar-refractivity contribution is -0.384. The Labute approximate surface area is 204 Å². The molecule has 0 saturated carbocycles. The fourth-order valence-electron chi connectivity index (χ4n) is 4.21. The highest BCUT2D eigenvalue weighted by Gasteiger charge is 2.56. The van der Waals surface area contributed by atoms with Crippen LogP contribution in [0.25, 0.3) is 10.9 Å². The molecule has 0 aliphatic carbocycles. The number of nitrogens with one attached hydrogen (secondary N) is 1. The summed E-state index contributed by atoms with van der Waals surface area (Å²) in [5, 5.41) is 25.3. The fourth-order valence-corrected chi connectivity index (χ4v) is 4.21. The minimum absolute atomic E-state index is 0.0243. The molecule has 36 heavy (non-hydrogen) atoms. The van der Waals surface area contributed by atoms with E-state index in [1.807, 2.05) is 6.07 Å². The molecule has 0 amide bonds. The molecular weight excluding hydrogens is 475 g/mol. The Bertz CT molecular complexity index is 1370. The van der Waals surface area contributed by atoms with Gasteiger partial charge in [-0.25, -0.2) is 0 Å². The van der Waals surface area contributed by atoms with Crippen molar-refractivity contribution in [1.29, 1.82) is 0 Å². The number of alkyl halides is 3. The molecule has 0 fully saturated rings. The maximum atomic E-state index is 14.4. The number of para-hydroxylation sites is 1. The van der Waals surface area contributed by atoms with Crippen LogP contribution < -0.4 is 10.1 Å². The van der Waals surface area contributed by atoms with Gasteiger partial charge in [0.2, 0.25) is 0 Å². The minimum atomic E-state index is -5.03. The smallest absolute Gasteiger partial charge is 0.422 e. The largest absolute Gasteiger partial charge is 0.496 e. The summed E-state index contributed by atoms with van der Waals surface area (Å²) in [6.07, 6.45) is -3.81. The Kier molecular flexibility index (Phi) is 7.00. The number of hydrogen-bond donors (Lipinski definition) is 2. The number of aromatic nitrogens is 1. The van der Waals surface area contributed by atoms with Gasteiger partial charge in [0.1, 0.15) is 5.75 Å². The first-order valence-corrected chi connectivity index (χ1v) is 11.1. The van der Waals surface area contributed by atoms with Crippen LogP contribution in [0.1, 0.15) is 16.7 Å². The molecule has 1 heterocycles. The molecule has 1 unspecified atom stereocenters. The van der Waals surface area contributed by atoms with Crippen LogP contribution in [0.15, 0.2) is 79.0 Å². The number of nitro groups is 1. The zero-order valence-corrected chi connectivity index (χ0v) is 19.3. The molecule has 2 N–H and O–H groups in total. The lowest BCUT2D eigenvalue weighted by atomic mass is 9.92. The number of hydrogen-bond acceptors (Lipinski definition) is 5. The van der Waals surface area contributed by atoms with Gasteiger partial charge in [-0.05, 0) is 17.7 Å². The summed E-state index contributed by atoms with van der Waals surface area (Å²) >= 11 is 0. The molecule has 1 aromatic heterocycles. The van der Waals surface area contributed by atoms with E-state index in [9.17, 15) is 28.4 Å². The number of halogens is 3. The number of aliphatic hydroxyl groups is 1. The number of methoxy groups -OCH3 is 1. The van der Waals surface area contributed by atoms with E-state index in [4.69, 9.17) is 4.74 Å². The number of benzene rings is 3. The van der Waals surface area contributed by atoms with Crippen molar-refractivity contribution < 1.29 is 27.9 Å². The van der Waals surface area contributed by atoms with Crippen molar-refractivity contribution in [2.24, 2.45) is 0 Å². The summed E-state index contributed by atoms with van der Waals surface area (Å²) in [7, 11) is 1.46. The highest BCUT2D eigenvalue weighted by molar-refractivity contribution is 5.87. The molecule has 1 atom stereocenters. The van der Waals surface area contributed by atoms with Gasteiger partial charge < -0.3 is 19.7 Å². The number of ether oxygens (including phenoxy) is 1. The quantitative estimate of drug-likeness (QED) is 0.246. The van der Waals surface area contributed by atoms with Crippen LogP contribution in [-0.4, -0.2) is 34.4 Å². The molecule has 0 radical (unpaired) electrons. The number of non-ortho nitro benzene ring substituents is 1. The molecule has 0 aliphatic rings. The van der Waals surface area contributed by atoms with E-state index >= 15 is 0 Å². The Hall–Kier alpha value is -3.89. The molecule has 0 bridgehead atoms. The zero-order chi connectivity index (χ0) is 25.9. The second-order valence-corrected chi connectivity index (χ2v) is 8.39. The monoisotopic (exact) mass is 499 g/mol. The van der Waals surface area contributed by atoms with Crippen molar-refractivity contribution in [2.45, 2.75) is 24.9 Å². The van der Waals surface area contributed by atoms with Gasteiger partial charge in [-0.2, -0.15) is 13.2 Å². The predicted molar refractivity (Wildman–Crippen MR) is 129 cm³/mol. The number of nitro benzene ring substituents is 1. The third-order valence-corrected chi connectivity index (χ3v) is 6.08. The van der Waals surface area contributed by atoms with Crippen LogP contribution >= 0.6 is 0 Å². The Balaban J connectivity index is 1.76. The molecule has 0 spiro atoms. The Morgan fingerprint density at radius 1 is 1.06 bits per heavy atom. The Morgan fingerprint density at radius 2 is 1.75 bits per heavy atom. The molecule has 188 valence electrons. The SMILES string of the molecule is COc1ccccc1CNCC(O)(c1cn(Cc2ccccc2)c2cc([N+](=O)[O-])ccc12)C(F)(F)F. The average Bonchev–Trinajstić information content (AvgIpc) is 3.22. The van der Waals surface area contributed by atoms with Crippen LogP contribution in [0.3, 0.4) is 0 Å². The predicted octanol–water partition coefficient (Wildman–Crippen LogP) is 5.15. The van der Waals surface area contributed by atoms with Crippen molar-refractivity contribution >= 4 is 16.6 Å². The van der Waals surface area contributed by atoms with Crippen LogP contribution in [0.4, 0.5) is 18.9 Å².